The van der Waals surface area contributed by atoms with Gasteiger partial charge in [-0.1, -0.05) is 0 Å². The molecule has 0 saturated carbocycles. The van der Waals surface area contributed by atoms with Crippen LogP contribution in [0, 0.1) is 18.6 Å². The van der Waals surface area contributed by atoms with E-state index in [1.54, 1.807) is 25.4 Å². The van der Waals surface area contributed by atoms with Gasteiger partial charge in [-0.05, 0) is 25.5 Å². The SMILES string of the molecule is CCOc1cc(F)c(Cn2cc(C)c(-c3ncc(OC)c(Nc4ccncn4)n3)n2)c(F)c1. The third-order valence-electron chi connectivity index (χ3n) is 4.71. The second kappa shape index (κ2) is 9.55. The van der Waals surface area contributed by atoms with Crippen LogP contribution in [0.5, 0.6) is 11.5 Å². The molecule has 3 heterocycles. The van der Waals surface area contributed by atoms with Crippen LogP contribution >= 0.6 is 0 Å². The molecule has 11 heteroatoms. The van der Waals surface area contributed by atoms with E-state index in [-0.39, 0.29) is 17.9 Å². The van der Waals surface area contributed by atoms with Gasteiger partial charge in [-0.25, -0.2) is 28.7 Å². The van der Waals surface area contributed by atoms with Crippen molar-refractivity contribution >= 4 is 11.6 Å². The summed E-state index contributed by atoms with van der Waals surface area (Å²) in [6.45, 7) is 3.77. The lowest BCUT2D eigenvalue weighted by Crippen LogP contribution is -2.07. The number of hydrogen-bond donors (Lipinski definition) is 1. The van der Waals surface area contributed by atoms with Gasteiger partial charge < -0.3 is 14.8 Å². The number of ether oxygens (including phenoxy) is 2. The summed E-state index contributed by atoms with van der Waals surface area (Å²) in [6, 6.07) is 4.01. The molecular weight excluding hydrogens is 432 g/mol. The molecule has 0 spiro atoms. The normalized spacial score (nSPS) is 10.8. The van der Waals surface area contributed by atoms with E-state index in [4.69, 9.17) is 9.47 Å². The van der Waals surface area contributed by atoms with Gasteiger partial charge in [-0.15, -0.1) is 0 Å². The zero-order valence-electron chi connectivity index (χ0n) is 18.2. The monoisotopic (exact) mass is 453 g/mol. The Bertz CT molecular complexity index is 1240. The maximum absolute atomic E-state index is 14.5. The molecule has 0 fully saturated rings. The first-order valence-electron chi connectivity index (χ1n) is 10.1. The van der Waals surface area contributed by atoms with Gasteiger partial charge in [0.2, 0.25) is 0 Å². The standard InChI is InChI=1S/C22H21F2N7O2/c1-4-33-14-7-16(23)15(17(24)8-14)11-31-10-13(2)20(30-31)22-26-9-18(32-3)21(29-22)28-19-5-6-25-12-27-19/h5-10,12H,4,11H2,1-3H3,(H,25,26,27,28,29). The van der Waals surface area contributed by atoms with Crippen molar-refractivity contribution in [1.82, 2.24) is 29.7 Å². The molecule has 0 aliphatic carbocycles. The van der Waals surface area contributed by atoms with Gasteiger partial charge in [0.05, 0.1) is 26.5 Å². The van der Waals surface area contributed by atoms with Gasteiger partial charge in [0.15, 0.2) is 17.4 Å². The molecule has 170 valence electrons. The topological polar surface area (TPSA) is 99.9 Å². The molecule has 1 N–H and O–H groups in total. The number of hydrogen-bond acceptors (Lipinski definition) is 8. The highest BCUT2D eigenvalue weighted by Crippen LogP contribution is 2.28. The van der Waals surface area contributed by atoms with E-state index < -0.39 is 11.6 Å². The van der Waals surface area contributed by atoms with Crippen molar-refractivity contribution < 1.29 is 18.3 Å². The van der Waals surface area contributed by atoms with Gasteiger partial charge in [0.1, 0.15) is 35.2 Å². The Morgan fingerprint density at radius 2 is 1.94 bits per heavy atom. The van der Waals surface area contributed by atoms with Gasteiger partial charge in [0, 0.05) is 30.1 Å². The Hall–Kier alpha value is -4.15. The maximum Gasteiger partial charge on any atom is 0.182 e. The van der Waals surface area contributed by atoms with Crippen LogP contribution in [0.2, 0.25) is 0 Å². The average Bonchev–Trinajstić information content (AvgIpc) is 3.17. The van der Waals surface area contributed by atoms with Crippen LogP contribution in [0.3, 0.4) is 0 Å². The molecular formula is C22H21F2N7O2. The summed E-state index contributed by atoms with van der Waals surface area (Å²) in [5.41, 5.74) is 1.09. The largest absolute Gasteiger partial charge is 0.494 e. The minimum absolute atomic E-state index is 0.104. The number of methoxy groups -OCH3 is 1. The lowest BCUT2D eigenvalue weighted by Gasteiger charge is -2.10. The Kier molecular flexibility index (Phi) is 6.38. The highest BCUT2D eigenvalue weighted by Gasteiger charge is 2.18. The Morgan fingerprint density at radius 3 is 2.61 bits per heavy atom. The number of nitrogens with zero attached hydrogens (tertiary/aromatic N) is 6. The third kappa shape index (κ3) is 4.86. The molecule has 33 heavy (non-hydrogen) atoms. The number of anilines is 2. The van der Waals surface area contributed by atoms with E-state index >= 15 is 0 Å². The fourth-order valence-electron chi connectivity index (χ4n) is 3.18. The predicted molar refractivity (Wildman–Crippen MR) is 116 cm³/mol. The molecule has 9 nitrogen and oxygen atoms in total. The Labute approximate surface area is 188 Å². The average molecular weight is 453 g/mol. The fraction of sp³-hybridized carbons (Fsp3) is 0.227. The van der Waals surface area contributed by atoms with Crippen LogP contribution in [0.1, 0.15) is 18.1 Å². The minimum Gasteiger partial charge on any atom is -0.494 e. The first kappa shape index (κ1) is 22.1. The van der Waals surface area contributed by atoms with Gasteiger partial charge in [0.25, 0.3) is 0 Å². The molecule has 0 aliphatic rings. The zero-order chi connectivity index (χ0) is 23.4. The molecule has 1 aromatic carbocycles. The lowest BCUT2D eigenvalue weighted by atomic mass is 10.2. The maximum atomic E-state index is 14.5. The summed E-state index contributed by atoms with van der Waals surface area (Å²) < 4.78 is 40.9. The van der Waals surface area contributed by atoms with Crippen molar-refractivity contribution in [2.45, 2.75) is 20.4 Å². The van der Waals surface area contributed by atoms with Crippen LogP contribution < -0.4 is 14.8 Å². The van der Waals surface area contributed by atoms with E-state index in [0.717, 1.165) is 17.7 Å². The number of aryl methyl sites for hydroxylation is 1. The molecule has 4 aromatic rings. The third-order valence-corrected chi connectivity index (χ3v) is 4.71. The Morgan fingerprint density at radius 1 is 1.15 bits per heavy atom. The zero-order valence-corrected chi connectivity index (χ0v) is 18.2. The second-order valence-electron chi connectivity index (χ2n) is 6.99. The second-order valence-corrected chi connectivity index (χ2v) is 6.99. The highest BCUT2D eigenvalue weighted by molar-refractivity contribution is 5.63. The van der Waals surface area contributed by atoms with E-state index in [9.17, 15) is 8.78 Å². The van der Waals surface area contributed by atoms with Crippen molar-refractivity contribution in [3.8, 4) is 23.0 Å². The number of nitrogens with one attached hydrogen (secondary N) is 1. The van der Waals surface area contributed by atoms with Crippen molar-refractivity contribution in [3.05, 3.63) is 65.9 Å². The van der Waals surface area contributed by atoms with E-state index in [0.29, 0.717) is 35.5 Å². The minimum atomic E-state index is -0.704. The van der Waals surface area contributed by atoms with Crippen LogP contribution in [-0.4, -0.2) is 43.4 Å². The van der Waals surface area contributed by atoms with Crippen molar-refractivity contribution in [1.29, 1.82) is 0 Å². The summed E-state index contributed by atoms with van der Waals surface area (Å²) in [5, 5.41) is 7.51. The van der Waals surface area contributed by atoms with E-state index in [1.165, 1.54) is 24.3 Å². The van der Waals surface area contributed by atoms with Gasteiger partial charge in [-0.2, -0.15) is 5.10 Å². The molecule has 0 amide bonds. The number of halogens is 2. The molecule has 0 radical (unpaired) electrons. The van der Waals surface area contributed by atoms with E-state index in [2.05, 4.69) is 30.4 Å². The van der Waals surface area contributed by atoms with Gasteiger partial charge >= 0.3 is 0 Å². The Balaban J connectivity index is 1.63. The first-order valence-corrected chi connectivity index (χ1v) is 10.1. The summed E-state index contributed by atoms with van der Waals surface area (Å²) in [4.78, 5) is 16.8. The molecule has 0 atom stereocenters. The summed E-state index contributed by atoms with van der Waals surface area (Å²) in [5.74, 6) is 0.374. The van der Waals surface area contributed by atoms with Crippen LogP contribution in [0.15, 0.2) is 43.1 Å². The quantitative estimate of drug-likeness (QED) is 0.429. The first-order chi connectivity index (χ1) is 16.0. The number of benzene rings is 1. The molecule has 0 unspecified atom stereocenters. The molecule has 4 rings (SSSR count). The lowest BCUT2D eigenvalue weighted by molar-refractivity contribution is 0.335. The van der Waals surface area contributed by atoms with E-state index in [1.807, 2.05) is 6.92 Å². The van der Waals surface area contributed by atoms with Crippen LogP contribution in [0.4, 0.5) is 20.4 Å². The summed E-state index contributed by atoms with van der Waals surface area (Å²) >= 11 is 0. The van der Waals surface area contributed by atoms with Crippen LogP contribution in [0.25, 0.3) is 11.5 Å². The van der Waals surface area contributed by atoms with Crippen molar-refractivity contribution in [2.75, 3.05) is 19.0 Å². The van der Waals surface area contributed by atoms with Crippen LogP contribution in [-0.2, 0) is 6.54 Å². The molecule has 0 bridgehead atoms. The summed E-state index contributed by atoms with van der Waals surface area (Å²) in [6.07, 6.45) is 6.18. The number of aromatic nitrogens is 6. The molecule has 3 aromatic heterocycles. The smallest absolute Gasteiger partial charge is 0.182 e. The molecule has 0 saturated heterocycles. The predicted octanol–water partition coefficient (Wildman–Crippen LogP) is 3.92. The highest BCUT2D eigenvalue weighted by atomic mass is 19.1. The fourth-order valence-corrected chi connectivity index (χ4v) is 3.18. The summed E-state index contributed by atoms with van der Waals surface area (Å²) in [7, 11) is 1.50. The van der Waals surface area contributed by atoms with Crippen molar-refractivity contribution in [2.24, 2.45) is 0 Å². The number of rotatable bonds is 8. The van der Waals surface area contributed by atoms with Gasteiger partial charge in [-0.3, -0.25) is 4.68 Å². The molecule has 0 aliphatic heterocycles. The van der Waals surface area contributed by atoms with Crippen molar-refractivity contribution in [3.63, 3.8) is 0 Å².